The third-order valence-corrected chi connectivity index (χ3v) is 3.46. The Balaban J connectivity index is 0. The van der Waals surface area contributed by atoms with E-state index in [1.807, 2.05) is 6.92 Å². The Labute approximate surface area is 128 Å². The van der Waals surface area contributed by atoms with Crippen LogP contribution in [0.2, 0.25) is 0 Å². The van der Waals surface area contributed by atoms with Crippen molar-refractivity contribution in [1.29, 1.82) is 0 Å². The summed E-state index contributed by atoms with van der Waals surface area (Å²) in [4.78, 5) is 0. The molecule has 0 unspecified atom stereocenters. The van der Waals surface area contributed by atoms with Crippen LogP contribution in [0, 0.1) is 0 Å². The molecule has 0 heterocycles. The number of unbranched alkanes of at least 4 members (excludes halogenated alkanes) is 4. The highest BCUT2D eigenvalue weighted by Gasteiger charge is 2.31. The fraction of sp³-hybridized carbons (Fsp3) is 0.750. The second kappa shape index (κ2) is 14.9. The summed E-state index contributed by atoms with van der Waals surface area (Å²) in [7, 11) is 0. The number of nitrogens with one attached hydrogen (secondary N) is 1. The molecule has 0 saturated heterocycles. The maximum Gasteiger partial charge on any atom is 0.332 e. The average molecular weight is 307 g/mol. The minimum absolute atomic E-state index is 0.175. The second-order valence-corrected chi connectivity index (χ2v) is 5.44. The van der Waals surface area contributed by atoms with Crippen molar-refractivity contribution in [3.05, 3.63) is 24.4 Å². The van der Waals surface area contributed by atoms with Gasteiger partial charge in [-0.2, -0.15) is 8.78 Å². The molecular formula is C16H31F2NS. The van der Waals surface area contributed by atoms with E-state index in [0.29, 0.717) is 18.3 Å². The Morgan fingerprint density at radius 2 is 1.80 bits per heavy atom. The molecule has 4 heteroatoms. The van der Waals surface area contributed by atoms with Gasteiger partial charge < -0.3 is 5.32 Å². The number of allylic oxidation sites excluding steroid dienone is 2. The summed E-state index contributed by atoms with van der Waals surface area (Å²) in [5.74, 6) is 0. The van der Waals surface area contributed by atoms with Gasteiger partial charge in [-0.15, -0.1) is 0 Å². The van der Waals surface area contributed by atoms with Crippen molar-refractivity contribution in [1.82, 2.24) is 5.32 Å². The third-order valence-electron chi connectivity index (χ3n) is 2.70. The lowest BCUT2D eigenvalue weighted by Crippen LogP contribution is -2.26. The predicted molar refractivity (Wildman–Crippen MR) is 89.5 cm³/mol. The molecular weight excluding hydrogens is 276 g/mol. The van der Waals surface area contributed by atoms with Gasteiger partial charge in [0.15, 0.2) is 0 Å². The molecule has 1 nitrogen and oxygen atoms in total. The second-order valence-electron chi connectivity index (χ2n) is 4.52. The van der Waals surface area contributed by atoms with Crippen LogP contribution in [0.4, 0.5) is 8.78 Å². The van der Waals surface area contributed by atoms with Crippen molar-refractivity contribution in [2.24, 2.45) is 0 Å². The summed E-state index contributed by atoms with van der Waals surface area (Å²) < 4.78 is 26.0. The molecule has 0 bridgehead atoms. The summed E-state index contributed by atoms with van der Waals surface area (Å²) in [6.07, 6.45) is 12.4. The van der Waals surface area contributed by atoms with Crippen LogP contribution in [-0.4, -0.2) is 18.1 Å². The molecule has 0 fully saturated rings. The van der Waals surface area contributed by atoms with Crippen LogP contribution in [0.5, 0.6) is 0 Å². The van der Waals surface area contributed by atoms with Crippen molar-refractivity contribution < 1.29 is 8.78 Å². The van der Waals surface area contributed by atoms with Crippen molar-refractivity contribution in [2.45, 2.75) is 64.6 Å². The Bertz CT molecular complexity index is 253. The summed E-state index contributed by atoms with van der Waals surface area (Å²) in [6.45, 7) is 10.3. The maximum atomic E-state index is 13.0. The van der Waals surface area contributed by atoms with Crippen LogP contribution in [0.25, 0.3) is 0 Å². The van der Waals surface area contributed by atoms with E-state index in [1.165, 1.54) is 25.5 Å². The molecule has 0 aromatic rings. The summed E-state index contributed by atoms with van der Waals surface area (Å²) in [6, 6.07) is 0. The normalized spacial score (nSPS) is 11.1. The molecule has 20 heavy (non-hydrogen) atoms. The number of thioether (sulfide) groups is 1. The van der Waals surface area contributed by atoms with Crippen molar-refractivity contribution >= 4 is 11.8 Å². The average Bonchev–Trinajstić information content (AvgIpc) is 2.44. The first-order valence-electron chi connectivity index (χ1n) is 7.43. The van der Waals surface area contributed by atoms with E-state index in [4.69, 9.17) is 0 Å². The van der Waals surface area contributed by atoms with Gasteiger partial charge in [0.05, 0.1) is 5.70 Å². The zero-order chi connectivity index (χ0) is 15.9. The van der Waals surface area contributed by atoms with Gasteiger partial charge in [-0.25, -0.2) is 0 Å². The first-order chi connectivity index (χ1) is 9.46. The lowest BCUT2D eigenvalue weighted by Gasteiger charge is -2.17. The third kappa shape index (κ3) is 13.9. The molecule has 0 spiro atoms. The maximum absolute atomic E-state index is 13.0. The number of halogens is 2. The van der Waals surface area contributed by atoms with E-state index in [1.54, 1.807) is 0 Å². The molecule has 1 N–H and O–H groups in total. The van der Waals surface area contributed by atoms with E-state index < -0.39 is 5.25 Å². The first-order valence-corrected chi connectivity index (χ1v) is 8.66. The highest BCUT2D eigenvalue weighted by molar-refractivity contribution is 7.99. The number of hydrogen-bond donors (Lipinski definition) is 1. The first kappa shape index (κ1) is 21.8. The summed E-state index contributed by atoms with van der Waals surface area (Å²) in [5.41, 5.74) is -0.175. The fourth-order valence-electron chi connectivity index (χ4n) is 1.43. The molecule has 0 aliphatic rings. The Kier molecular flexibility index (Phi) is 16.2. The molecule has 0 radical (unpaired) electrons. The largest absolute Gasteiger partial charge is 0.383 e. The van der Waals surface area contributed by atoms with Crippen LogP contribution in [0.3, 0.4) is 0 Å². The highest BCUT2D eigenvalue weighted by atomic mass is 32.2. The quantitative estimate of drug-likeness (QED) is 0.393. The Morgan fingerprint density at radius 1 is 1.20 bits per heavy atom. The van der Waals surface area contributed by atoms with Gasteiger partial charge in [-0.05, 0) is 26.0 Å². The molecule has 120 valence electrons. The SMILES string of the molecule is C/C=C\CC.C=C(NCCCCCCC)C(F)(F)SC. The van der Waals surface area contributed by atoms with Crippen LogP contribution < -0.4 is 5.32 Å². The van der Waals surface area contributed by atoms with Gasteiger partial charge in [0.25, 0.3) is 0 Å². The van der Waals surface area contributed by atoms with Gasteiger partial charge in [-0.3, -0.25) is 0 Å². The molecule has 0 aliphatic heterocycles. The summed E-state index contributed by atoms with van der Waals surface area (Å²) >= 11 is 0.512. The molecule has 0 aromatic carbocycles. The van der Waals surface area contributed by atoms with Crippen LogP contribution in [0.15, 0.2) is 24.4 Å². The predicted octanol–water partition coefficient (Wildman–Crippen LogP) is 5.99. The minimum Gasteiger partial charge on any atom is -0.383 e. The van der Waals surface area contributed by atoms with Gasteiger partial charge >= 0.3 is 5.25 Å². The number of rotatable bonds is 10. The van der Waals surface area contributed by atoms with E-state index in [-0.39, 0.29) is 5.70 Å². The monoisotopic (exact) mass is 307 g/mol. The van der Waals surface area contributed by atoms with Gasteiger partial charge in [0.2, 0.25) is 0 Å². The van der Waals surface area contributed by atoms with E-state index in [0.717, 1.165) is 19.3 Å². The van der Waals surface area contributed by atoms with Crippen LogP contribution >= 0.6 is 11.8 Å². The smallest absolute Gasteiger partial charge is 0.332 e. The number of alkyl halides is 2. The standard InChI is InChI=1S/C11H21F2NS.C5H10/c1-4-5-6-7-8-9-14-10(2)11(12,13)15-3;1-3-5-4-2/h14H,2,4-9H2,1,3H3;3,5H,4H2,1-2H3/b;5-3-. The Hall–Kier alpha value is -0.510. The lowest BCUT2D eigenvalue weighted by molar-refractivity contribution is 0.140. The zero-order valence-electron chi connectivity index (χ0n) is 13.5. The topological polar surface area (TPSA) is 12.0 Å². The van der Waals surface area contributed by atoms with Crippen molar-refractivity contribution in [2.75, 3.05) is 12.8 Å². The van der Waals surface area contributed by atoms with Crippen LogP contribution in [-0.2, 0) is 0 Å². The fourth-order valence-corrected chi connectivity index (χ4v) is 1.75. The molecule has 0 aliphatic carbocycles. The minimum atomic E-state index is -2.84. The zero-order valence-corrected chi connectivity index (χ0v) is 14.3. The van der Waals surface area contributed by atoms with Crippen molar-refractivity contribution in [3.8, 4) is 0 Å². The molecule has 0 rings (SSSR count). The van der Waals surface area contributed by atoms with Crippen LogP contribution in [0.1, 0.15) is 59.3 Å². The van der Waals surface area contributed by atoms with E-state index in [2.05, 4.69) is 37.9 Å². The van der Waals surface area contributed by atoms with Gasteiger partial charge in [0.1, 0.15) is 0 Å². The van der Waals surface area contributed by atoms with E-state index >= 15 is 0 Å². The summed E-state index contributed by atoms with van der Waals surface area (Å²) in [5, 5.41) is -0.158. The molecule has 0 atom stereocenters. The Morgan fingerprint density at radius 3 is 2.20 bits per heavy atom. The van der Waals surface area contributed by atoms with Gasteiger partial charge in [-0.1, -0.05) is 70.0 Å². The molecule has 0 amide bonds. The molecule has 0 aromatic heterocycles. The number of hydrogen-bond acceptors (Lipinski definition) is 2. The molecule has 0 saturated carbocycles. The van der Waals surface area contributed by atoms with Crippen molar-refractivity contribution in [3.63, 3.8) is 0 Å². The highest BCUT2D eigenvalue weighted by Crippen LogP contribution is 2.31. The lowest BCUT2D eigenvalue weighted by atomic mass is 10.1. The van der Waals surface area contributed by atoms with E-state index in [9.17, 15) is 8.78 Å². The van der Waals surface area contributed by atoms with Gasteiger partial charge in [0, 0.05) is 6.54 Å².